The van der Waals surface area contributed by atoms with E-state index < -0.39 is 35.4 Å². The minimum absolute atomic E-state index is 0.249. The molecule has 2 aromatic rings. The van der Waals surface area contributed by atoms with Crippen LogP contribution in [0.25, 0.3) is 10.1 Å². The Labute approximate surface area is 148 Å². The SMILES string of the molecule is C[C@H](OC(=O)c1cc2cc(F)ccc2s1)C(=O)NC(=O)NC(C)(C)C. The van der Waals surface area contributed by atoms with Crippen LogP contribution in [0.15, 0.2) is 24.3 Å². The first-order chi connectivity index (χ1) is 11.5. The van der Waals surface area contributed by atoms with E-state index in [1.165, 1.54) is 25.1 Å². The van der Waals surface area contributed by atoms with E-state index in [1.807, 2.05) is 0 Å². The van der Waals surface area contributed by atoms with Crippen molar-refractivity contribution in [2.75, 3.05) is 0 Å². The molecular weight excluding hydrogens is 347 g/mol. The Bertz CT molecular complexity index is 826. The summed E-state index contributed by atoms with van der Waals surface area (Å²) in [6.45, 7) is 6.67. The van der Waals surface area contributed by atoms with Crippen molar-refractivity contribution in [1.82, 2.24) is 10.6 Å². The summed E-state index contributed by atoms with van der Waals surface area (Å²) < 4.78 is 19.0. The number of carbonyl (C=O) groups excluding carboxylic acids is 3. The van der Waals surface area contributed by atoms with E-state index in [1.54, 1.807) is 26.8 Å². The number of fused-ring (bicyclic) bond motifs is 1. The number of halogens is 1. The van der Waals surface area contributed by atoms with Gasteiger partial charge in [0, 0.05) is 10.2 Å². The van der Waals surface area contributed by atoms with Gasteiger partial charge in [-0.05, 0) is 57.3 Å². The maximum atomic E-state index is 13.2. The predicted molar refractivity (Wildman–Crippen MR) is 93.1 cm³/mol. The molecule has 134 valence electrons. The average molecular weight is 366 g/mol. The third-order valence-electron chi connectivity index (χ3n) is 3.06. The zero-order valence-corrected chi connectivity index (χ0v) is 15.1. The standard InChI is InChI=1S/C17H19FN2O4S/c1-9(14(21)19-16(23)20-17(2,3)4)24-15(22)13-8-10-7-11(18)5-6-12(10)25-13/h5-9H,1-4H3,(H2,19,20,21,23)/t9-/m0/s1. The molecule has 6 nitrogen and oxygen atoms in total. The molecule has 1 aromatic carbocycles. The summed E-state index contributed by atoms with van der Waals surface area (Å²) in [5, 5.41) is 5.26. The number of benzene rings is 1. The Balaban J connectivity index is 1.98. The Hall–Kier alpha value is -2.48. The van der Waals surface area contributed by atoms with E-state index in [4.69, 9.17) is 4.74 Å². The molecule has 0 saturated carbocycles. The minimum Gasteiger partial charge on any atom is -0.448 e. The maximum Gasteiger partial charge on any atom is 0.349 e. The zero-order chi connectivity index (χ0) is 18.8. The number of carbonyl (C=O) groups is 3. The van der Waals surface area contributed by atoms with Gasteiger partial charge in [-0.3, -0.25) is 10.1 Å². The fraction of sp³-hybridized carbons (Fsp3) is 0.353. The summed E-state index contributed by atoms with van der Waals surface area (Å²) in [6.07, 6.45) is -1.15. The van der Waals surface area contributed by atoms with E-state index >= 15 is 0 Å². The van der Waals surface area contributed by atoms with Crippen molar-refractivity contribution in [1.29, 1.82) is 0 Å². The maximum absolute atomic E-state index is 13.2. The molecule has 0 bridgehead atoms. The Morgan fingerprint density at radius 2 is 1.88 bits per heavy atom. The molecule has 2 rings (SSSR count). The Morgan fingerprint density at radius 3 is 2.52 bits per heavy atom. The monoisotopic (exact) mass is 366 g/mol. The molecule has 0 aliphatic rings. The number of urea groups is 1. The molecule has 0 fully saturated rings. The molecule has 2 N–H and O–H groups in total. The van der Waals surface area contributed by atoms with Gasteiger partial charge in [-0.25, -0.2) is 14.0 Å². The molecule has 0 saturated heterocycles. The van der Waals surface area contributed by atoms with Crippen molar-refractivity contribution in [2.24, 2.45) is 0 Å². The third kappa shape index (κ3) is 5.25. The van der Waals surface area contributed by atoms with Gasteiger partial charge in [0.1, 0.15) is 10.7 Å². The van der Waals surface area contributed by atoms with Crippen LogP contribution in [0.2, 0.25) is 0 Å². The van der Waals surface area contributed by atoms with Crippen LogP contribution < -0.4 is 10.6 Å². The zero-order valence-electron chi connectivity index (χ0n) is 14.3. The Morgan fingerprint density at radius 1 is 1.20 bits per heavy atom. The van der Waals surface area contributed by atoms with Gasteiger partial charge in [-0.1, -0.05) is 0 Å². The number of nitrogens with one attached hydrogen (secondary N) is 2. The van der Waals surface area contributed by atoms with Gasteiger partial charge >= 0.3 is 12.0 Å². The lowest BCUT2D eigenvalue weighted by molar-refractivity contribution is -0.127. The number of ether oxygens (including phenoxy) is 1. The van der Waals surface area contributed by atoms with Crippen molar-refractivity contribution in [3.63, 3.8) is 0 Å². The smallest absolute Gasteiger partial charge is 0.349 e. The van der Waals surface area contributed by atoms with E-state index in [2.05, 4.69) is 10.6 Å². The van der Waals surface area contributed by atoms with Crippen LogP contribution in [0.5, 0.6) is 0 Å². The van der Waals surface area contributed by atoms with Crippen molar-refractivity contribution >= 4 is 39.3 Å². The molecule has 0 aliphatic heterocycles. The van der Waals surface area contributed by atoms with E-state index in [9.17, 15) is 18.8 Å². The van der Waals surface area contributed by atoms with Crippen LogP contribution in [0.1, 0.15) is 37.4 Å². The van der Waals surface area contributed by atoms with Crippen molar-refractivity contribution in [3.05, 3.63) is 35.0 Å². The summed E-state index contributed by atoms with van der Waals surface area (Å²) >= 11 is 1.14. The second-order valence-electron chi connectivity index (χ2n) is 6.53. The summed E-state index contributed by atoms with van der Waals surface area (Å²) in [5.74, 6) is -1.84. The average Bonchev–Trinajstić information content (AvgIpc) is 2.87. The molecule has 1 heterocycles. The second-order valence-corrected chi connectivity index (χ2v) is 7.62. The molecule has 0 radical (unpaired) electrons. The van der Waals surface area contributed by atoms with E-state index in [0.29, 0.717) is 5.39 Å². The summed E-state index contributed by atoms with van der Waals surface area (Å²) in [6, 6.07) is 5.02. The normalized spacial score (nSPS) is 12.5. The van der Waals surface area contributed by atoms with Crippen molar-refractivity contribution < 1.29 is 23.5 Å². The van der Waals surface area contributed by atoms with Crippen molar-refractivity contribution in [3.8, 4) is 0 Å². The molecule has 3 amide bonds. The Kier molecular flexibility index (Phi) is 5.42. The van der Waals surface area contributed by atoms with Gasteiger partial charge in [-0.15, -0.1) is 11.3 Å². The molecule has 1 atom stereocenters. The number of hydrogen-bond donors (Lipinski definition) is 2. The molecule has 0 unspecified atom stereocenters. The number of amides is 3. The van der Waals surface area contributed by atoms with Gasteiger partial charge in [0.15, 0.2) is 6.10 Å². The van der Waals surface area contributed by atoms with Crippen LogP contribution in [0.4, 0.5) is 9.18 Å². The highest BCUT2D eigenvalue weighted by Crippen LogP contribution is 2.27. The van der Waals surface area contributed by atoms with Gasteiger partial charge < -0.3 is 10.1 Å². The van der Waals surface area contributed by atoms with Crippen LogP contribution in [-0.2, 0) is 9.53 Å². The molecule has 0 aliphatic carbocycles. The lowest BCUT2D eigenvalue weighted by atomic mass is 10.1. The highest BCUT2D eigenvalue weighted by Gasteiger charge is 2.23. The molecule has 0 spiro atoms. The lowest BCUT2D eigenvalue weighted by Gasteiger charge is -2.21. The fourth-order valence-electron chi connectivity index (χ4n) is 1.97. The number of esters is 1. The summed E-state index contributed by atoms with van der Waals surface area (Å²) in [7, 11) is 0. The molecule has 25 heavy (non-hydrogen) atoms. The first kappa shape index (κ1) is 18.9. The quantitative estimate of drug-likeness (QED) is 0.817. The number of thiophene rings is 1. The van der Waals surface area contributed by atoms with E-state index in [0.717, 1.165) is 16.0 Å². The molecule has 1 aromatic heterocycles. The van der Waals surface area contributed by atoms with Crippen LogP contribution in [0, 0.1) is 5.82 Å². The first-order valence-corrected chi connectivity index (χ1v) is 8.40. The topological polar surface area (TPSA) is 84.5 Å². The largest absolute Gasteiger partial charge is 0.448 e. The van der Waals surface area contributed by atoms with E-state index in [-0.39, 0.29) is 4.88 Å². The highest BCUT2D eigenvalue weighted by atomic mass is 32.1. The lowest BCUT2D eigenvalue weighted by Crippen LogP contribution is -2.50. The number of hydrogen-bond acceptors (Lipinski definition) is 5. The van der Waals surface area contributed by atoms with Gasteiger partial charge in [-0.2, -0.15) is 0 Å². The molecule has 8 heteroatoms. The van der Waals surface area contributed by atoms with Crippen LogP contribution in [-0.4, -0.2) is 29.6 Å². The number of imide groups is 1. The van der Waals surface area contributed by atoms with Crippen molar-refractivity contribution in [2.45, 2.75) is 39.3 Å². The number of rotatable bonds is 3. The highest BCUT2D eigenvalue weighted by molar-refractivity contribution is 7.20. The first-order valence-electron chi connectivity index (χ1n) is 7.58. The predicted octanol–water partition coefficient (Wildman–Crippen LogP) is 3.21. The van der Waals surface area contributed by atoms with Gasteiger partial charge in [0.25, 0.3) is 5.91 Å². The summed E-state index contributed by atoms with van der Waals surface area (Å²) in [5.41, 5.74) is -0.503. The van der Waals surface area contributed by atoms with Crippen LogP contribution in [0.3, 0.4) is 0 Å². The minimum atomic E-state index is -1.15. The molecular formula is C17H19FN2O4S. The summed E-state index contributed by atoms with van der Waals surface area (Å²) in [4.78, 5) is 36.0. The van der Waals surface area contributed by atoms with Gasteiger partial charge in [0.2, 0.25) is 0 Å². The van der Waals surface area contributed by atoms with Crippen LogP contribution >= 0.6 is 11.3 Å². The van der Waals surface area contributed by atoms with Gasteiger partial charge in [0.05, 0.1) is 0 Å². The second kappa shape index (κ2) is 7.18. The fourth-order valence-corrected chi connectivity index (χ4v) is 2.90. The third-order valence-corrected chi connectivity index (χ3v) is 4.15.